The molecule has 0 aromatic rings. The molecule has 0 saturated carbocycles. The zero-order chi connectivity index (χ0) is 14.9. The molecule has 0 aromatic carbocycles. The predicted molar refractivity (Wildman–Crippen MR) is 83.4 cm³/mol. The number of hydrogen-bond acceptors (Lipinski definition) is 3. The van der Waals surface area contributed by atoms with Crippen LogP contribution >= 0.6 is 0 Å². The normalized spacial score (nSPS) is 13.3. The van der Waals surface area contributed by atoms with E-state index in [9.17, 15) is 0 Å². The lowest BCUT2D eigenvalue weighted by atomic mass is 9.99. The summed E-state index contributed by atoms with van der Waals surface area (Å²) < 4.78 is 18.6. The molecule has 0 heterocycles. The first-order valence-corrected chi connectivity index (χ1v) is 9.52. The third-order valence-electron chi connectivity index (χ3n) is 3.72. The molecule has 0 aliphatic carbocycles. The first-order valence-electron chi connectivity index (χ1n) is 7.79. The summed E-state index contributed by atoms with van der Waals surface area (Å²) in [6.45, 7) is 17.4. The molecule has 0 N–H and O–H groups in total. The third-order valence-corrected chi connectivity index (χ3v) is 7.63. The van der Waals surface area contributed by atoms with E-state index in [1.807, 2.05) is 0 Å². The van der Waals surface area contributed by atoms with E-state index in [1.54, 1.807) is 0 Å². The molecule has 3 nitrogen and oxygen atoms in total. The Morgan fingerprint density at radius 2 is 1.11 bits per heavy atom. The van der Waals surface area contributed by atoms with Gasteiger partial charge in [-0.2, -0.15) is 0 Å². The summed E-state index contributed by atoms with van der Waals surface area (Å²) in [7, 11) is -2.65. The van der Waals surface area contributed by atoms with E-state index in [0.717, 1.165) is 39.1 Å². The average Bonchev–Trinajstić information content (AvgIpc) is 2.37. The van der Waals surface area contributed by atoms with Gasteiger partial charge in [-0.15, -0.1) is 0 Å². The van der Waals surface area contributed by atoms with E-state index in [2.05, 4.69) is 48.5 Å². The van der Waals surface area contributed by atoms with Crippen molar-refractivity contribution in [2.45, 2.75) is 72.8 Å². The smallest absolute Gasteiger partial charge is 0.373 e. The predicted octanol–water partition coefficient (Wildman–Crippen LogP) is 4.64. The summed E-state index contributed by atoms with van der Waals surface area (Å²) in [5, 5.41) is -0.0630. The van der Waals surface area contributed by atoms with Crippen LogP contribution in [0.5, 0.6) is 0 Å². The fraction of sp³-hybridized carbons (Fsp3) is 1.00. The van der Waals surface area contributed by atoms with Crippen LogP contribution in [0.3, 0.4) is 0 Å². The Balaban J connectivity index is 5.18. The SMILES string of the molecule is CCCO[Si](OCCC)(OCCC)C(C)(C)C(C)C. The van der Waals surface area contributed by atoms with Gasteiger partial charge in [0, 0.05) is 24.9 Å². The first kappa shape index (κ1) is 19.1. The lowest BCUT2D eigenvalue weighted by molar-refractivity contribution is 0.0296. The highest BCUT2D eigenvalue weighted by Gasteiger charge is 2.57. The van der Waals surface area contributed by atoms with Gasteiger partial charge in [0.2, 0.25) is 0 Å². The van der Waals surface area contributed by atoms with Crippen molar-refractivity contribution in [3.63, 3.8) is 0 Å². The molecule has 0 aliphatic heterocycles. The molecule has 0 unspecified atom stereocenters. The van der Waals surface area contributed by atoms with E-state index < -0.39 is 8.80 Å². The van der Waals surface area contributed by atoms with Crippen molar-refractivity contribution < 1.29 is 13.3 Å². The maximum absolute atomic E-state index is 6.20. The van der Waals surface area contributed by atoms with Crippen molar-refractivity contribution >= 4 is 8.80 Å². The van der Waals surface area contributed by atoms with Crippen LogP contribution in [0, 0.1) is 5.92 Å². The topological polar surface area (TPSA) is 27.7 Å². The van der Waals surface area contributed by atoms with Gasteiger partial charge in [-0.25, -0.2) is 0 Å². The van der Waals surface area contributed by atoms with Crippen LogP contribution in [0.25, 0.3) is 0 Å². The Hall–Kier alpha value is 0.0969. The molecule has 0 rings (SSSR count). The fourth-order valence-corrected chi connectivity index (χ4v) is 5.24. The van der Waals surface area contributed by atoms with Gasteiger partial charge in [0.1, 0.15) is 0 Å². The molecule has 19 heavy (non-hydrogen) atoms. The summed E-state index contributed by atoms with van der Waals surface area (Å²) in [5.74, 6) is 0.463. The van der Waals surface area contributed by atoms with Crippen LogP contribution in [-0.4, -0.2) is 28.6 Å². The first-order chi connectivity index (χ1) is 8.88. The van der Waals surface area contributed by atoms with Crippen LogP contribution in [0.4, 0.5) is 0 Å². The van der Waals surface area contributed by atoms with Gasteiger partial charge >= 0.3 is 8.80 Å². The highest BCUT2D eigenvalue weighted by Crippen LogP contribution is 2.46. The summed E-state index contributed by atoms with van der Waals surface area (Å²) in [6.07, 6.45) is 2.98. The fourth-order valence-electron chi connectivity index (χ4n) is 1.75. The summed E-state index contributed by atoms with van der Waals surface area (Å²) >= 11 is 0. The standard InChI is InChI=1S/C15H34O3Si/c1-8-11-16-19(17-12-9-2,18-13-10-3)15(6,7)14(4)5/h14H,8-13H2,1-7H3. The number of hydrogen-bond donors (Lipinski definition) is 0. The minimum atomic E-state index is -2.65. The maximum Gasteiger partial charge on any atom is 0.507 e. The molecular weight excluding hydrogens is 256 g/mol. The zero-order valence-corrected chi connectivity index (χ0v) is 15.0. The van der Waals surface area contributed by atoms with Gasteiger partial charge < -0.3 is 13.3 Å². The van der Waals surface area contributed by atoms with E-state index in [-0.39, 0.29) is 5.04 Å². The van der Waals surface area contributed by atoms with Crippen molar-refractivity contribution in [2.24, 2.45) is 5.92 Å². The highest BCUT2D eigenvalue weighted by molar-refractivity contribution is 6.64. The third kappa shape index (κ3) is 5.18. The molecule has 0 spiro atoms. The maximum atomic E-state index is 6.20. The Kier molecular flexibility index (Phi) is 9.16. The highest BCUT2D eigenvalue weighted by atomic mass is 28.4. The van der Waals surface area contributed by atoms with Crippen molar-refractivity contribution in [1.29, 1.82) is 0 Å². The van der Waals surface area contributed by atoms with Gasteiger partial charge in [0.15, 0.2) is 0 Å². The second kappa shape index (κ2) is 9.11. The molecule has 0 aromatic heterocycles. The number of rotatable bonds is 11. The van der Waals surface area contributed by atoms with Crippen LogP contribution < -0.4 is 0 Å². The minimum Gasteiger partial charge on any atom is -0.373 e. The van der Waals surface area contributed by atoms with Gasteiger partial charge in [0.05, 0.1) is 0 Å². The Bertz CT molecular complexity index is 208. The summed E-state index contributed by atoms with van der Waals surface area (Å²) in [5.41, 5.74) is 0. The lowest BCUT2D eigenvalue weighted by Gasteiger charge is -2.43. The van der Waals surface area contributed by atoms with Crippen LogP contribution in [0.1, 0.15) is 67.7 Å². The van der Waals surface area contributed by atoms with Crippen LogP contribution in [0.2, 0.25) is 5.04 Å². The summed E-state index contributed by atoms with van der Waals surface area (Å²) in [6, 6.07) is 0. The van der Waals surface area contributed by atoms with Crippen molar-refractivity contribution in [3.05, 3.63) is 0 Å². The van der Waals surface area contributed by atoms with Gasteiger partial charge in [-0.05, 0) is 25.2 Å². The Morgan fingerprint density at radius 1 is 0.789 bits per heavy atom. The molecule has 0 atom stereocenters. The molecule has 0 saturated heterocycles. The molecule has 0 bridgehead atoms. The second-order valence-corrected chi connectivity index (χ2v) is 9.25. The molecule has 4 heteroatoms. The minimum absolute atomic E-state index is 0.0630. The second-order valence-electron chi connectivity index (χ2n) is 5.98. The van der Waals surface area contributed by atoms with Crippen molar-refractivity contribution in [2.75, 3.05) is 19.8 Å². The van der Waals surface area contributed by atoms with Gasteiger partial charge in [-0.3, -0.25) is 0 Å². The average molecular weight is 291 g/mol. The molecule has 0 aliphatic rings. The summed E-state index contributed by atoms with van der Waals surface area (Å²) in [4.78, 5) is 0. The van der Waals surface area contributed by atoms with E-state index >= 15 is 0 Å². The molecule has 116 valence electrons. The molecule has 0 amide bonds. The van der Waals surface area contributed by atoms with Crippen LogP contribution in [0.15, 0.2) is 0 Å². The van der Waals surface area contributed by atoms with Crippen LogP contribution in [-0.2, 0) is 13.3 Å². The Morgan fingerprint density at radius 3 is 1.32 bits per heavy atom. The van der Waals surface area contributed by atoms with Crippen molar-refractivity contribution in [3.8, 4) is 0 Å². The lowest BCUT2D eigenvalue weighted by Crippen LogP contribution is -2.56. The quantitative estimate of drug-likeness (QED) is 0.519. The van der Waals surface area contributed by atoms with Gasteiger partial charge in [0.25, 0.3) is 0 Å². The van der Waals surface area contributed by atoms with E-state index in [1.165, 1.54) is 0 Å². The van der Waals surface area contributed by atoms with E-state index in [4.69, 9.17) is 13.3 Å². The molecule has 0 radical (unpaired) electrons. The zero-order valence-electron chi connectivity index (χ0n) is 14.0. The van der Waals surface area contributed by atoms with E-state index in [0.29, 0.717) is 5.92 Å². The monoisotopic (exact) mass is 290 g/mol. The molecular formula is C15H34O3Si. The Labute approximate surface area is 121 Å². The van der Waals surface area contributed by atoms with Gasteiger partial charge in [-0.1, -0.05) is 48.5 Å². The van der Waals surface area contributed by atoms with Crippen molar-refractivity contribution in [1.82, 2.24) is 0 Å². The largest absolute Gasteiger partial charge is 0.507 e. The molecule has 0 fully saturated rings.